The van der Waals surface area contributed by atoms with Crippen molar-refractivity contribution in [3.63, 3.8) is 0 Å². The number of alkyl halides is 1. The van der Waals surface area contributed by atoms with Gasteiger partial charge in [-0.3, -0.25) is 4.98 Å². The van der Waals surface area contributed by atoms with Gasteiger partial charge in [-0.25, -0.2) is 8.78 Å². The molecule has 0 aliphatic heterocycles. The Kier molecular flexibility index (Phi) is 2.87. The largest absolute Gasteiger partial charge is 0.398 e. The van der Waals surface area contributed by atoms with Crippen LogP contribution in [0, 0.1) is 17.2 Å². The molecule has 0 spiro atoms. The molecule has 2 unspecified atom stereocenters. The van der Waals surface area contributed by atoms with Gasteiger partial charge in [-0.15, -0.1) is 0 Å². The number of nitrogens with two attached hydrogens (primary N) is 1. The molecule has 1 aliphatic rings. The molecule has 0 radical (unpaired) electrons. The molecule has 0 saturated carbocycles. The fourth-order valence-electron chi connectivity index (χ4n) is 1.95. The van der Waals surface area contributed by atoms with Crippen molar-refractivity contribution in [3.05, 3.63) is 47.7 Å². The first kappa shape index (κ1) is 12.2. The molecule has 0 saturated heterocycles. The summed E-state index contributed by atoms with van der Waals surface area (Å²) in [5.74, 6) is -2.37. The predicted molar refractivity (Wildman–Crippen MR) is 63.2 cm³/mol. The summed E-state index contributed by atoms with van der Waals surface area (Å²) >= 11 is 0. The topological polar surface area (TPSA) is 62.7 Å². The Morgan fingerprint density at radius 3 is 2.78 bits per heavy atom. The van der Waals surface area contributed by atoms with Crippen molar-refractivity contribution in [2.75, 3.05) is 0 Å². The molecule has 1 aromatic rings. The highest BCUT2D eigenvalue weighted by molar-refractivity contribution is 5.80. The Hall–Kier alpha value is -2.22. The lowest BCUT2D eigenvalue weighted by Gasteiger charge is -2.28. The lowest BCUT2D eigenvalue weighted by Crippen LogP contribution is -2.32. The Morgan fingerprint density at radius 1 is 1.50 bits per heavy atom. The van der Waals surface area contributed by atoms with Crippen LogP contribution in [0.15, 0.2) is 42.0 Å². The smallest absolute Gasteiger partial charge is 0.150 e. The van der Waals surface area contributed by atoms with E-state index in [1.54, 1.807) is 24.3 Å². The minimum Gasteiger partial charge on any atom is -0.398 e. The maximum atomic E-state index is 14.2. The van der Waals surface area contributed by atoms with Crippen LogP contribution < -0.4 is 5.73 Å². The molecule has 0 aromatic carbocycles. The van der Waals surface area contributed by atoms with E-state index in [1.165, 1.54) is 6.20 Å². The number of hydrogen-bond donors (Lipinski definition) is 1. The van der Waals surface area contributed by atoms with Crippen LogP contribution in [0.3, 0.4) is 0 Å². The van der Waals surface area contributed by atoms with Gasteiger partial charge in [-0.1, -0.05) is 6.07 Å². The molecule has 2 rings (SSSR count). The number of nitrogens with zero attached hydrogens (tertiary/aromatic N) is 2. The lowest BCUT2D eigenvalue weighted by molar-refractivity contribution is 0.195. The molecule has 18 heavy (non-hydrogen) atoms. The molecule has 92 valence electrons. The van der Waals surface area contributed by atoms with Crippen LogP contribution in [-0.2, 0) is 0 Å². The maximum Gasteiger partial charge on any atom is 0.150 e. The Labute approximate surface area is 103 Å². The van der Waals surface area contributed by atoms with E-state index in [2.05, 4.69) is 4.98 Å². The van der Waals surface area contributed by atoms with Gasteiger partial charge in [0.1, 0.15) is 11.7 Å². The lowest BCUT2D eigenvalue weighted by atomic mass is 9.82. The van der Waals surface area contributed by atoms with Crippen molar-refractivity contribution < 1.29 is 8.78 Å². The number of rotatable bonds is 1. The van der Waals surface area contributed by atoms with E-state index in [0.29, 0.717) is 5.69 Å². The highest BCUT2D eigenvalue weighted by Gasteiger charge is 2.42. The van der Waals surface area contributed by atoms with Gasteiger partial charge in [0.25, 0.3) is 0 Å². The number of allylic oxidation sites excluding steroid dienone is 3. The van der Waals surface area contributed by atoms with Gasteiger partial charge < -0.3 is 5.73 Å². The van der Waals surface area contributed by atoms with Crippen molar-refractivity contribution in [1.82, 2.24) is 4.98 Å². The summed E-state index contributed by atoms with van der Waals surface area (Å²) in [4.78, 5) is 3.97. The first-order chi connectivity index (χ1) is 8.47. The zero-order chi connectivity index (χ0) is 13.3. The summed E-state index contributed by atoms with van der Waals surface area (Å²) in [5, 5.41) is 8.89. The fourth-order valence-corrected chi connectivity index (χ4v) is 1.95. The van der Waals surface area contributed by atoms with Crippen molar-refractivity contribution in [2.24, 2.45) is 11.7 Å². The van der Waals surface area contributed by atoms with Crippen molar-refractivity contribution in [3.8, 4) is 6.07 Å². The average molecular weight is 247 g/mol. The van der Waals surface area contributed by atoms with E-state index in [9.17, 15) is 8.78 Å². The average Bonchev–Trinajstić information content (AvgIpc) is 2.29. The standard InChI is InChI=1S/C13H11F2N3/c1-13(15)6-9(17)11(12(14)8(13)7-16)10-4-2-3-5-18-10/h2-6,8H,17H2,1H3. The van der Waals surface area contributed by atoms with Crippen LogP contribution in [0.1, 0.15) is 12.6 Å². The van der Waals surface area contributed by atoms with Crippen LogP contribution in [0.5, 0.6) is 0 Å². The Morgan fingerprint density at radius 2 is 2.22 bits per heavy atom. The van der Waals surface area contributed by atoms with E-state index in [-0.39, 0.29) is 11.3 Å². The molecule has 1 aromatic heterocycles. The van der Waals surface area contributed by atoms with Crippen molar-refractivity contribution in [2.45, 2.75) is 12.6 Å². The molecule has 5 heteroatoms. The predicted octanol–water partition coefficient (Wildman–Crippen LogP) is 2.49. The summed E-state index contributed by atoms with van der Waals surface area (Å²) in [6.07, 6.45) is 2.54. The normalized spacial score (nSPS) is 27.7. The quantitative estimate of drug-likeness (QED) is 0.829. The van der Waals surface area contributed by atoms with Crippen LogP contribution in [0.4, 0.5) is 8.78 Å². The summed E-state index contributed by atoms with van der Waals surface area (Å²) < 4.78 is 28.3. The highest BCUT2D eigenvalue weighted by Crippen LogP contribution is 2.41. The van der Waals surface area contributed by atoms with Crippen molar-refractivity contribution >= 4 is 5.57 Å². The van der Waals surface area contributed by atoms with Gasteiger partial charge in [0.2, 0.25) is 0 Å². The molecule has 2 N–H and O–H groups in total. The monoisotopic (exact) mass is 247 g/mol. The van der Waals surface area contributed by atoms with Crippen LogP contribution >= 0.6 is 0 Å². The molecule has 2 atom stereocenters. The van der Waals surface area contributed by atoms with Gasteiger partial charge in [0.15, 0.2) is 5.67 Å². The van der Waals surface area contributed by atoms with Crippen LogP contribution in [0.25, 0.3) is 5.57 Å². The first-order valence-corrected chi connectivity index (χ1v) is 5.35. The second-order valence-electron chi connectivity index (χ2n) is 4.25. The van der Waals surface area contributed by atoms with E-state index in [1.807, 2.05) is 0 Å². The number of aromatic nitrogens is 1. The molecule has 1 heterocycles. The molecular formula is C13H11F2N3. The minimum atomic E-state index is -2.11. The van der Waals surface area contributed by atoms with Gasteiger partial charge >= 0.3 is 0 Å². The van der Waals surface area contributed by atoms with E-state index in [0.717, 1.165) is 13.0 Å². The number of nitriles is 1. The van der Waals surface area contributed by atoms with Gasteiger partial charge in [-0.2, -0.15) is 5.26 Å². The zero-order valence-corrected chi connectivity index (χ0v) is 9.69. The molecule has 3 nitrogen and oxygen atoms in total. The van der Waals surface area contributed by atoms with Crippen molar-refractivity contribution in [1.29, 1.82) is 5.26 Å². The summed E-state index contributed by atoms with van der Waals surface area (Å²) in [5.41, 5.74) is 3.81. The minimum absolute atomic E-state index is 0.00252. The zero-order valence-electron chi connectivity index (χ0n) is 9.69. The SMILES string of the molecule is CC1(F)C=C(N)C(c2ccccn2)=C(F)C1C#N. The number of halogens is 2. The fraction of sp³-hybridized carbons (Fsp3) is 0.231. The summed E-state index contributed by atoms with van der Waals surface area (Å²) in [6.45, 7) is 1.13. The maximum absolute atomic E-state index is 14.2. The number of pyridine rings is 1. The summed E-state index contributed by atoms with van der Waals surface area (Å²) in [7, 11) is 0. The van der Waals surface area contributed by atoms with Crippen LogP contribution in [-0.4, -0.2) is 10.7 Å². The van der Waals surface area contributed by atoms with Crippen LogP contribution in [0.2, 0.25) is 0 Å². The molecule has 0 fully saturated rings. The second-order valence-corrected chi connectivity index (χ2v) is 4.25. The molecular weight excluding hydrogens is 236 g/mol. The molecule has 1 aliphatic carbocycles. The van der Waals surface area contributed by atoms with E-state index in [4.69, 9.17) is 11.0 Å². The third-order valence-corrected chi connectivity index (χ3v) is 2.83. The second kappa shape index (κ2) is 4.22. The van der Waals surface area contributed by atoms with E-state index < -0.39 is 17.4 Å². The number of hydrogen-bond acceptors (Lipinski definition) is 3. The molecule has 0 bridgehead atoms. The molecule has 0 amide bonds. The Bertz CT molecular complexity index is 568. The Balaban J connectivity index is 2.61. The van der Waals surface area contributed by atoms with Gasteiger partial charge in [-0.05, 0) is 25.1 Å². The third kappa shape index (κ3) is 1.86. The van der Waals surface area contributed by atoms with E-state index >= 15 is 0 Å². The van der Waals surface area contributed by atoms with Gasteiger partial charge in [0, 0.05) is 11.9 Å². The summed E-state index contributed by atoms with van der Waals surface area (Å²) in [6, 6.07) is 6.53. The van der Waals surface area contributed by atoms with Gasteiger partial charge in [0.05, 0.1) is 17.3 Å². The highest BCUT2D eigenvalue weighted by atomic mass is 19.1. The first-order valence-electron chi connectivity index (χ1n) is 5.35. The third-order valence-electron chi connectivity index (χ3n) is 2.83.